The van der Waals surface area contributed by atoms with Gasteiger partial charge in [0.25, 0.3) is 5.56 Å². The molecule has 1 saturated heterocycles. The zero-order chi connectivity index (χ0) is 23.2. The lowest BCUT2D eigenvalue weighted by Gasteiger charge is -2.38. The first-order valence-corrected chi connectivity index (χ1v) is 12.3. The van der Waals surface area contributed by atoms with Crippen molar-refractivity contribution in [2.45, 2.75) is 38.8 Å². The van der Waals surface area contributed by atoms with Gasteiger partial charge in [-0.2, -0.15) is 5.26 Å². The summed E-state index contributed by atoms with van der Waals surface area (Å²) in [5.41, 5.74) is 2.76. The van der Waals surface area contributed by atoms with Crippen LogP contribution in [0.2, 0.25) is 0 Å². The van der Waals surface area contributed by atoms with Crippen molar-refractivity contribution >= 4 is 15.9 Å². The Morgan fingerprint density at radius 3 is 2.48 bits per heavy atom. The Morgan fingerprint density at radius 1 is 1.15 bits per heavy atom. The van der Waals surface area contributed by atoms with Crippen molar-refractivity contribution in [3.8, 4) is 11.8 Å². The number of nitrogens with one attached hydrogen (secondary N) is 1. The van der Waals surface area contributed by atoms with Crippen molar-refractivity contribution in [2.75, 3.05) is 19.7 Å². The lowest BCUT2D eigenvalue weighted by molar-refractivity contribution is 0.132. The van der Waals surface area contributed by atoms with Gasteiger partial charge in [-0.3, -0.25) is 19.5 Å². The van der Waals surface area contributed by atoms with E-state index in [2.05, 4.69) is 56.3 Å². The zero-order valence-corrected chi connectivity index (χ0v) is 20.4. The molecule has 1 aliphatic rings. The lowest BCUT2D eigenvalue weighted by Crippen LogP contribution is -2.38. The van der Waals surface area contributed by atoms with Gasteiger partial charge in [-0.05, 0) is 91.0 Å². The maximum atomic E-state index is 12.4. The molecule has 1 unspecified atom stereocenters. The van der Waals surface area contributed by atoms with E-state index in [0.29, 0.717) is 29.1 Å². The molecule has 0 saturated carbocycles. The number of aryl methyl sites for hydroxylation is 1. The summed E-state index contributed by atoms with van der Waals surface area (Å²) in [6, 6.07) is 19.9. The maximum absolute atomic E-state index is 12.4. The van der Waals surface area contributed by atoms with Gasteiger partial charge in [0.05, 0.1) is 30.0 Å². The number of H-pyrrole nitrogens is 1. The Labute approximate surface area is 202 Å². The Bertz CT molecular complexity index is 1140. The zero-order valence-electron chi connectivity index (χ0n) is 18.8. The normalized spacial score (nSPS) is 15.8. The van der Waals surface area contributed by atoms with E-state index in [1.165, 1.54) is 5.56 Å². The second-order valence-corrected chi connectivity index (χ2v) is 9.24. The molecule has 2 heterocycles. The van der Waals surface area contributed by atoms with Crippen LogP contribution in [0.3, 0.4) is 0 Å². The van der Waals surface area contributed by atoms with E-state index in [1.807, 2.05) is 29.8 Å². The molecule has 2 aromatic carbocycles. The van der Waals surface area contributed by atoms with Gasteiger partial charge in [-0.15, -0.1) is 0 Å². The van der Waals surface area contributed by atoms with Crippen LogP contribution in [-0.4, -0.2) is 34.4 Å². The first kappa shape index (κ1) is 23.3. The molecule has 33 heavy (non-hydrogen) atoms. The third-order valence-electron chi connectivity index (χ3n) is 6.43. The lowest BCUT2D eigenvalue weighted by atomic mass is 9.91. The summed E-state index contributed by atoms with van der Waals surface area (Å²) in [6.45, 7) is 5.38. The molecular formula is C26H29BrN4O2. The highest BCUT2D eigenvalue weighted by molar-refractivity contribution is 9.10. The van der Waals surface area contributed by atoms with Crippen LogP contribution in [-0.2, 0) is 6.54 Å². The van der Waals surface area contributed by atoms with E-state index in [1.54, 1.807) is 12.1 Å². The summed E-state index contributed by atoms with van der Waals surface area (Å²) >= 11 is 3.56. The van der Waals surface area contributed by atoms with Gasteiger partial charge >= 0.3 is 0 Å². The van der Waals surface area contributed by atoms with Gasteiger partial charge in [-0.1, -0.05) is 30.3 Å². The molecule has 1 aliphatic heterocycles. The number of benzene rings is 2. The smallest absolute Gasteiger partial charge is 0.278 e. The summed E-state index contributed by atoms with van der Waals surface area (Å²) in [4.78, 5) is 14.9. The van der Waals surface area contributed by atoms with Gasteiger partial charge in [-0.25, -0.2) is 0 Å². The van der Waals surface area contributed by atoms with Crippen LogP contribution in [0.1, 0.15) is 49.0 Å². The molecule has 1 aromatic heterocycles. The fourth-order valence-electron chi connectivity index (χ4n) is 4.63. The van der Waals surface area contributed by atoms with Gasteiger partial charge < -0.3 is 4.74 Å². The van der Waals surface area contributed by atoms with Crippen LogP contribution in [0.15, 0.2) is 63.9 Å². The average Bonchev–Trinajstić information content (AvgIpc) is 3.15. The molecule has 0 radical (unpaired) electrons. The van der Waals surface area contributed by atoms with Crippen LogP contribution in [0.5, 0.6) is 5.75 Å². The monoisotopic (exact) mass is 508 g/mol. The Morgan fingerprint density at radius 2 is 1.85 bits per heavy atom. The van der Waals surface area contributed by atoms with Gasteiger partial charge in [0.2, 0.25) is 0 Å². The molecule has 1 atom stereocenters. The molecule has 6 nitrogen and oxygen atoms in total. The first-order valence-electron chi connectivity index (χ1n) is 11.5. The SMILES string of the molecule is CCn1[nH]c(=O)c(Br)c1C(c1ccccc1)N1CCC(CCOc2ccc(C#N)cc2)CC1. The minimum atomic E-state index is -0.0809. The first-order chi connectivity index (χ1) is 16.1. The van der Waals surface area contributed by atoms with E-state index >= 15 is 0 Å². The molecule has 172 valence electrons. The molecule has 0 spiro atoms. The van der Waals surface area contributed by atoms with Crippen LogP contribution in [0.4, 0.5) is 0 Å². The third kappa shape index (κ3) is 5.40. The summed E-state index contributed by atoms with van der Waals surface area (Å²) in [7, 11) is 0. The van der Waals surface area contributed by atoms with Gasteiger partial charge in [0, 0.05) is 6.54 Å². The van der Waals surface area contributed by atoms with Crippen LogP contribution >= 0.6 is 15.9 Å². The molecule has 1 fully saturated rings. The standard InChI is InChI=1S/C26H29BrN4O2/c1-2-31-25(23(27)26(32)29-31)24(21-6-4-3-5-7-21)30-15-12-19(13-16-30)14-17-33-22-10-8-20(18-28)9-11-22/h3-11,19,24H,2,12-17H2,1H3,(H,29,32). The number of likely N-dealkylation sites (tertiary alicyclic amines) is 1. The van der Waals surface area contributed by atoms with Crippen molar-refractivity contribution in [3.05, 3.63) is 86.2 Å². The summed E-state index contributed by atoms with van der Waals surface area (Å²) in [6.07, 6.45) is 3.20. The molecular weight excluding hydrogens is 480 g/mol. The second-order valence-electron chi connectivity index (χ2n) is 8.45. The number of hydrogen-bond donors (Lipinski definition) is 1. The Hall–Kier alpha value is -2.82. The summed E-state index contributed by atoms with van der Waals surface area (Å²) in [5, 5.41) is 11.9. The fourth-order valence-corrected chi connectivity index (χ4v) is 5.15. The minimum absolute atomic E-state index is 0.0234. The van der Waals surface area contributed by atoms with Crippen LogP contribution < -0.4 is 10.3 Å². The van der Waals surface area contributed by atoms with Crippen molar-refractivity contribution < 1.29 is 4.74 Å². The Kier molecular flexibility index (Phi) is 7.69. The molecule has 0 aliphatic carbocycles. The van der Waals surface area contributed by atoms with Gasteiger partial charge in [0.1, 0.15) is 10.2 Å². The number of aromatic amines is 1. The van der Waals surface area contributed by atoms with E-state index in [9.17, 15) is 4.79 Å². The minimum Gasteiger partial charge on any atom is -0.494 e. The van der Waals surface area contributed by atoms with E-state index in [-0.39, 0.29) is 11.6 Å². The Balaban J connectivity index is 1.41. The quantitative estimate of drug-likeness (QED) is 0.459. The van der Waals surface area contributed by atoms with E-state index in [0.717, 1.165) is 43.8 Å². The maximum Gasteiger partial charge on any atom is 0.278 e. The van der Waals surface area contributed by atoms with Crippen molar-refractivity contribution in [1.29, 1.82) is 5.26 Å². The molecule has 0 amide bonds. The highest BCUT2D eigenvalue weighted by Crippen LogP contribution is 2.35. The largest absolute Gasteiger partial charge is 0.494 e. The fraction of sp³-hybridized carbons (Fsp3) is 0.385. The van der Waals surface area contributed by atoms with Crippen molar-refractivity contribution in [2.24, 2.45) is 5.92 Å². The van der Waals surface area contributed by atoms with Crippen molar-refractivity contribution in [3.63, 3.8) is 0 Å². The topological polar surface area (TPSA) is 74.1 Å². The third-order valence-corrected chi connectivity index (χ3v) is 7.20. The number of aromatic nitrogens is 2. The number of nitriles is 1. The number of piperidine rings is 1. The predicted molar refractivity (Wildman–Crippen MR) is 132 cm³/mol. The molecule has 0 bridgehead atoms. The highest BCUT2D eigenvalue weighted by Gasteiger charge is 2.31. The van der Waals surface area contributed by atoms with Crippen LogP contribution in [0.25, 0.3) is 0 Å². The van der Waals surface area contributed by atoms with Crippen LogP contribution in [0, 0.1) is 17.2 Å². The number of ether oxygens (including phenoxy) is 1. The van der Waals surface area contributed by atoms with Gasteiger partial charge in [0.15, 0.2) is 0 Å². The highest BCUT2D eigenvalue weighted by atomic mass is 79.9. The second kappa shape index (κ2) is 10.9. The number of hydrogen-bond acceptors (Lipinski definition) is 4. The number of nitrogens with zero attached hydrogens (tertiary/aromatic N) is 3. The molecule has 3 aromatic rings. The molecule has 4 rings (SSSR count). The summed E-state index contributed by atoms with van der Waals surface area (Å²) in [5.74, 6) is 1.42. The van der Waals surface area contributed by atoms with Crippen molar-refractivity contribution in [1.82, 2.24) is 14.7 Å². The number of halogens is 1. The molecule has 1 N–H and O–H groups in total. The molecule has 7 heteroatoms. The van der Waals surface area contributed by atoms with E-state index < -0.39 is 0 Å². The van der Waals surface area contributed by atoms with E-state index in [4.69, 9.17) is 10.00 Å². The average molecular weight is 509 g/mol. The number of rotatable bonds is 8. The summed E-state index contributed by atoms with van der Waals surface area (Å²) < 4.78 is 8.48. The predicted octanol–water partition coefficient (Wildman–Crippen LogP) is 5.10.